The van der Waals surface area contributed by atoms with Crippen molar-refractivity contribution in [2.24, 2.45) is 0 Å². The summed E-state index contributed by atoms with van der Waals surface area (Å²) in [5.41, 5.74) is 0. The fourth-order valence-corrected chi connectivity index (χ4v) is 0.725. The molecule has 10 heteroatoms. The van der Waals surface area contributed by atoms with Gasteiger partial charge in [-0.25, -0.2) is 4.79 Å². The number of aliphatic carboxylic acids is 2. The van der Waals surface area contributed by atoms with Crippen LogP contribution in [0.5, 0.6) is 0 Å². The summed E-state index contributed by atoms with van der Waals surface area (Å²) in [4.78, 5) is 19.4. The number of carbonyl (C=O) groups is 2. The molecule has 0 aliphatic heterocycles. The smallest absolute Gasteiger partial charge is 0.333 e. The summed E-state index contributed by atoms with van der Waals surface area (Å²) in [6.07, 6.45) is -6.84. The Labute approximate surface area is 107 Å². The predicted molar refractivity (Wildman–Crippen MR) is 58.1 cm³/mol. The van der Waals surface area contributed by atoms with Gasteiger partial charge in [0, 0.05) is 0 Å². The van der Waals surface area contributed by atoms with Crippen LogP contribution in [0.3, 0.4) is 0 Å². The van der Waals surface area contributed by atoms with Gasteiger partial charge in [0.15, 0.2) is 6.10 Å². The highest BCUT2D eigenvalue weighted by atomic mass is 16.4. The van der Waals surface area contributed by atoms with Gasteiger partial charge in [-0.1, -0.05) is 0 Å². The minimum absolute atomic E-state index is 0.641. The minimum atomic E-state index is -1.79. The highest BCUT2D eigenvalue weighted by Crippen LogP contribution is 1.98. The van der Waals surface area contributed by atoms with Gasteiger partial charge in [-0.15, -0.1) is 0 Å². The van der Waals surface area contributed by atoms with E-state index in [1.165, 1.54) is 0 Å². The zero-order chi connectivity index (χ0) is 15.6. The van der Waals surface area contributed by atoms with Crippen molar-refractivity contribution in [3.63, 3.8) is 0 Å². The van der Waals surface area contributed by atoms with E-state index in [1.54, 1.807) is 0 Å². The monoisotopic (exact) mass is 286 g/mol. The molecular weight excluding hydrogens is 268 g/mol. The summed E-state index contributed by atoms with van der Waals surface area (Å²) in [6.45, 7) is -1.28. The molecule has 0 saturated heterocycles. The first-order valence-corrected chi connectivity index (χ1v) is 5.05. The lowest BCUT2D eigenvalue weighted by molar-refractivity contribution is -0.152. The molecule has 8 N–H and O–H groups in total. The van der Waals surface area contributed by atoms with Crippen molar-refractivity contribution in [3.05, 3.63) is 0 Å². The molecular formula is C9H18O10. The quantitative estimate of drug-likeness (QED) is 0.228. The van der Waals surface area contributed by atoms with Crippen molar-refractivity contribution in [3.8, 4) is 0 Å². The Hall–Kier alpha value is -1.30. The highest BCUT2D eigenvalue weighted by molar-refractivity contribution is 5.79. The van der Waals surface area contributed by atoms with Crippen LogP contribution < -0.4 is 0 Å². The largest absolute Gasteiger partial charge is 0.481 e. The summed E-state index contributed by atoms with van der Waals surface area (Å²) in [6, 6.07) is 0. The SMILES string of the molecule is O=C(O)CC(O)C(=O)O.OCC(O)C(O)C(O)CO. The lowest BCUT2D eigenvalue weighted by atomic mass is 10.1. The summed E-state index contributed by atoms with van der Waals surface area (Å²) in [7, 11) is 0. The Morgan fingerprint density at radius 2 is 1.21 bits per heavy atom. The number of hydrogen-bond acceptors (Lipinski definition) is 8. The van der Waals surface area contributed by atoms with E-state index < -0.39 is 56.0 Å². The van der Waals surface area contributed by atoms with Crippen LogP contribution in [0.2, 0.25) is 0 Å². The molecule has 114 valence electrons. The Morgan fingerprint density at radius 1 is 0.842 bits per heavy atom. The van der Waals surface area contributed by atoms with Gasteiger partial charge in [0.05, 0.1) is 19.6 Å². The topological polar surface area (TPSA) is 196 Å². The van der Waals surface area contributed by atoms with Crippen molar-refractivity contribution >= 4 is 11.9 Å². The zero-order valence-electron chi connectivity index (χ0n) is 9.82. The molecule has 0 aliphatic rings. The Kier molecular flexibility index (Phi) is 11.2. The minimum Gasteiger partial charge on any atom is -0.481 e. The van der Waals surface area contributed by atoms with Gasteiger partial charge >= 0.3 is 11.9 Å². The van der Waals surface area contributed by atoms with E-state index in [4.69, 9.17) is 40.9 Å². The van der Waals surface area contributed by atoms with Crippen molar-refractivity contribution in [2.75, 3.05) is 13.2 Å². The predicted octanol–water partition coefficient (Wildman–Crippen LogP) is -4.04. The van der Waals surface area contributed by atoms with E-state index in [0.717, 1.165) is 0 Å². The third-order valence-corrected chi connectivity index (χ3v) is 1.82. The molecule has 0 radical (unpaired) electrons. The van der Waals surface area contributed by atoms with E-state index in [9.17, 15) is 9.59 Å². The van der Waals surface area contributed by atoms with E-state index >= 15 is 0 Å². The van der Waals surface area contributed by atoms with Gasteiger partial charge < -0.3 is 40.9 Å². The van der Waals surface area contributed by atoms with E-state index in [1.807, 2.05) is 0 Å². The average molecular weight is 286 g/mol. The van der Waals surface area contributed by atoms with E-state index in [2.05, 4.69) is 0 Å². The average Bonchev–Trinajstić information content (AvgIpc) is 2.35. The molecule has 3 unspecified atom stereocenters. The first-order chi connectivity index (χ1) is 8.67. The molecule has 0 aliphatic carbocycles. The Morgan fingerprint density at radius 3 is 1.37 bits per heavy atom. The molecule has 0 aromatic rings. The van der Waals surface area contributed by atoms with E-state index in [-0.39, 0.29) is 0 Å². The van der Waals surface area contributed by atoms with Crippen LogP contribution in [0.15, 0.2) is 0 Å². The molecule has 19 heavy (non-hydrogen) atoms. The Bertz CT molecular complexity index is 258. The van der Waals surface area contributed by atoms with Crippen molar-refractivity contribution in [1.29, 1.82) is 0 Å². The summed E-state index contributed by atoms with van der Waals surface area (Å²) < 4.78 is 0. The van der Waals surface area contributed by atoms with Crippen molar-refractivity contribution in [1.82, 2.24) is 0 Å². The molecule has 0 saturated carbocycles. The van der Waals surface area contributed by atoms with Gasteiger partial charge in [-0.2, -0.15) is 0 Å². The normalized spacial score (nSPS) is 16.5. The van der Waals surface area contributed by atoms with Gasteiger partial charge in [0.1, 0.15) is 18.3 Å². The maximum absolute atomic E-state index is 9.72. The summed E-state index contributed by atoms with van der Waals surface area (Å²) >= 11 is 0. The number of aliphatic hydroxyl groups is 6. The molecule has 0 aromatic carbocycles. The molecule has 0 aromatic heterocycles. The van der Waals surface area contributed by atoms with Crippen molar-refractivity contribution in [2.45, 2.75) is 30.8 Å². The Balaban J connectivity index is 0. The van der Waals surface area contributed by atoms with Gasteiger partial charge in [0.25, 0.3) is 0 Å². The lowest BCUT2D eigenvalue weighted by Crippen LogP contribution is -2.41. The third kappa shape index (κ3) is 10.3. The molecule has 10 nitrogen and oxygen atoms in total. The molecule has 0 amide bonds. The fraction of sp³-hybridized carbons (Fsp3) is 0.778. The second kappa shape index (κ2) is 10.6. The number of aliphatic hydroxyl groups excluding tert-OH is 6. The first kappa shape index (κ1) is 20.0. The number of rotatable bonds is 7. The van der Waals surface area contributed by atoms with Gasteiger partial charge in [0.2, 0.25) is 0 Å². The second-order valence-corrected chi connectivity index (χ2v) is 3.44. The maximum Gasteiger partial charge on any atom is 0.333 e. The molecule has 0 fully saturated rings. The third-order valence-electron chi connectivity index (χ3n) is 1.82. The molecule has 0 bridgehead atoms. The summed E-state index contributed by atoms with van der Waals surface area (Å²) in [5, 5.41) is 66.7. The van der Waals surface area contributed by atoms with Crippen LogP contribution in [-0.2, 0) is 9.59 Å². The van der Waals surface area contributed by atoms with Crippen LogP contribution in [0.1, 0.15) is 6.42 Å². The van der Waals surface area contributed by atoms with Crippen LogP contribution >= 0.6 is 0 Å². The number of hydrogen-bond donors (Lipinski definition) is 8. The summed E-state index contributed by atoms with van der Waals surface area (Å²) in [5.74, 6) is -2.85. The molecule has 3 atom stereocenters. The zero-order valence-corrected chi connectivity index (χ0v) is 9.82. The van der Waals surface area contributed by atoms with Crippen LogP contribution in [0.25, 0.3) is 0 Å². The van der Waals surface area contributed by atoms with Crippen LogP contribution in [-0.4, -0.2) is 90.4 Å². The molecule has 0 rings (SSSR count). The molecule has 0 heterocycles. The second-order valence-electron chi connectivity index (χ2n) is 3.44. The van der Waals surface area contributed by atoms with Crippen molar-refractivity contribution < 1.29 is 50.4 Å². The number of carboxylic acid groups (broad SMARTS) is 2. The lowest BCUT2D eigenvalue weighted by Gasteiger charge is -2.19. The van der Waals surface area contributed by atoms with Gasteiger partial charge in [-0.05, 0) is 0 Å². The standard InChI is InChI=1S/C5H12O5.C4H6O5/c6-1-3(8)5(10)4(9)2-7;5-2(4(8)9)1-3(6)7/h3-10H,1-2H2;2,5H,1H2,(H,6,7)(H,8,9). The molecule has 0 spiro atoms. The van der Waals surface area contributed by atoms with E-state index in [0.29, 0.717) is 0 Å². The van der Waals surface area contributed by atoms with Gasteiger partial charge in [-0.3, -0.25) is 4.79 Å². The van der Waals surface area contributed by atoms with Crippen LogP contribution in [0.4, 0.5) is 0 Å². The number of carboxylic acids is 2. The maximum atomic E-state index is 9.72. The fourth-order valence-electron chi connectivity index (χ4n) is 0.725. The van der Waals surface area contributed by atoms with Crippen LogP contribution in [0, 0.1) is 0 Å². The first-order valence-electron chi connectivity index (χ1n) is 5.05. The highest BCUT2D eigenvalue weighted by Gasteiger charge is 2.22.